The van der Waals surface area contributed by atoms with E-state index < -0.39 is 5.41 Å². The molecule has 2 aliphatic carbocycles. The first-order valence-corrected chi connectivity index (χ1v) is 24.8. The molecule has 0 saturated heterocycles. The van der Waals surface area contributed by atoms with Crippen molar-refractivity contribution in [2.24, 2.45) is 0 Å². The van der Waals surface area contributed by atoms with E-state index in [-0.39, 0.29) is 0 Å². The third-order valence-corrected chi connectivity index (χ3v) is 15.2. The number of benzene rings is 11. The predicted molar refractivity (Wildman–Crippen MR) is 296 cm³/mol. The third kappa shape index (κ3) is 6.49. The fourth-order valence-electron chi connectivity index (χ4n) is 11.9. The molecule has 2 heteroatoms. The highest BCUT2D eigenvalue weighted by molar-refractivity contribution is 6.01. The normalized spacial score (nSPS) is 13.8. The highest BCUT2D eigenvalue weighted by Gasteiger charge is 2.52. The monoisotopic (exact) mass is 905 g/mol. The molecule has 71 heavy (non-hydrogen) atoms. The lowest BCUT2D eigenvalue weighted by atomic mass is 9.65. The summed E-state index contributed by atoms with van der Waals surface area (Å²) < 4.78 is 7.31. The lowest BCUT2D eigenvalue weighted by Gasteiger charge is -2.40. The Bertz CT molecular complexity index is 3870. The fourth-order valence-corrected chi connectivity index (χ4v) is 11.9. The van der Waals surface area contributed by atoms with Gasteiger partial charge in [-0.2, -0.15) is 0 Å². The van der Waals surface area contributed by atoms with Crippen LogP contribution in [-0.2, 0) is 5.41 Å². The van der Waals surface area contributed by atoms with Crippen molar-refractivity contribution in [3.05, 3.63) is 289 Å². The zero-order chi connectivity index (χ0) is 46.9. The van der Waals surface area contributed by atoms with Crippen LogP contribution in [0.1, 0.15) is 40.7 Å². The van der Waals surface area contributed by atoms with E-state index in [0.29, 0.717) is 0 Å². The molecule has 0 unspecified atom stereocenters. The van der Waals surface area contributed by atoms with Crippen LogP contribution in [0.3, 0.4) is 0 Å². The number of fused-ring (bicyclic) bond motifs is 13. The third-order valence-electron chi connectivity index (χ3n) is 15.2. The van der Waals surface area contributed by atoms with Gasteiger partial charge in [0.1, 0.15) is 11.5 Å². The van der Waals surface area contributed by atoms with Gasteiger partial charge in [-0.25, -0.2) is 0 Å². The Morgan fingerprint density at radius 2 is 0.930 bits per heavy atom. The molecule has 14 rings (SSSR count). The lowest BCUT2D eigenvalue weighted by Crippen LogP contribution is -2.32. The molecule has 0 amide bonds. The minimum absolute atomic E-state index is 0.670. The Morgan fingerprint density at radius 1 is 0.366 bits per heavy atom. The summed E-state index contributed by atoms with van der Waals surface area (Å²) in [6.07, 6.45) is 8.81. The standard InChI is InChI=1S/C69H47NO/c1-4-18-46(19-5-1)48-32-38-54(39-33-48)70(66-45-52(47-20-6-2-7-21-47)34-40-56(66)49-22-8-3-9-23-49)65-31-17-15-26-55(65)53-35-41-60-59-29-14-16-30-61(59)69(64(60)44-53)62-42-36-50-24-10-12-27-57(50)67(62)71-68-58-28-13-11-25-51(58)37-43-63(68)69/h1-4,6-18,20-45H,5,19H2. The van der Waals surface area contributed by atoms with Crippen LogP contribution in [0, 0.1) is 0 Å². The lowest BCUT2D eigenvalue weighted by molar-refractivity contribution is 0.447. The van der Waals surface area contributed by atoms with Crippen molar-refractivity contribution in [2.75, 3.05) is 4.90 Å². The Kier molecular flexibility index (Phi) is 9.60. The van der Waals surface area contributed by atoms with Gasteiger partial charge >= 0.3 is 0 Å². The number of anilines is 3. The van der Waals surface area contributed by atoms with Crippen molar-refractivity contribution in [1.82, 2.24) is 0 Å². The van der Waals surface area contributed by atoms with Gasteiger partial charge in [-0.05, 0) is 110 Å². The van der Waals surface area contributed by atoms with Crippen molar-refractivity contribution in [1.29, 1.82) is 0 Å². The summed E-state index contributed by atoms with van der Waals surface area (Å²) in [5, 5.41) is 4.54. The summed E-state index contributed by atoms with van der Waals surface area (Å²) in [5.41, 5.74) is 19.5. The van der Waals surface area contributed by atoms with E-state index in [2.05, 4.69) is 266 Å². The quantitative estimate of drug-likeness (QED) is 0.158. The highest BCUT2D eigenvalue weighted by Crippen LogP contribution is 2.64. The van der Waals surface area contributed by atoms with Crippen LogP contribution in [-0.4, -0.2) is 0 Å². The van der Waals surface area contributed by atoms with Gasteiger partial charge in [0.15, 0.2) is 0 Å². The zero-order valence-corrected chi connectivity index (χ0v) is 39.1. The molecule has 1 aliphatic heterocycles. The Balaban J connectivity index is 1.03. The van der Waals surface area contributed by atoms with Crippen molar-refractivity contribution < 1.29 is 4.74 Å². The average molecular weight is 906 g/mol. The second kappa shape index (κ2) is 16.6. The molecule has 0 bridgehead atoms. The van der Waals surface area contributed by atoms with E-state index in [4.69, 9.17) is 4.74 Å². The van der Waals surface area contributed by atoms with Gasteiger partial charge in [-0.15, -0.1) is 0 Å². The molecule has 1 heterocycles. The minimum atomic E-state index is -0.670. The molecule has 0 aromatic heterocycles. The van der Waals surface area contributed by atoms with Crippen molar-refractivity contribution in [3.8, 4) is 56.0 Å². The van der Waals surface area contributed by atoms with Crippen molar-refractivity contribution in [2.45, 2.75) is 18.3 Å². The maximum absolute atomic E-state index is 7.31. The number of hydrogen-bond donors (Lipinski definition) is 0. The number of para-hydroxylation sites is 1. The summed E-state index contributed by atoms with van der Waals surface area (Å²) in [6, 6.07) is 89.6. The van der Waals surface area contributed by atoms with Gasteiger partial charge in [-0.1, -0.05) is 231 Å². The summed E-state index contributed by atoms with van der Waals surface area (Å²) in [7, 11) is 0. The first-order valence-electron chi connectivity index (χ1n) is 24.8. The molecule has 0 radical (unpaired) electrons. The summed E-state index contributed by atoms with van der Waals surface area (Å²) in [5.74, 6) is 1.84. The first kappa shape index (κ1) is 41.0. The molecule has 11 aromatic carbocycles. The topological polar surface area (TPSA) is 12.5 Å². The second-order valence-electron chi connectivity index (χ2n) is 19.0. The smallest absolute Gasteiger partial charge is 0.140 e. The van der Waals surface area contributed by atoms with Crippen LogP contribution >= 0.6 is 0 Å². The molecular weight excluding hydrogens is 859 g/mol. The van der Waals surface area contributed by atoms with Crippen LogP contribution in [0.4, 0.5) is 17.1 Å². The molecule has 0 N–H and O–H groups in total. The summed E-state index contributed by atoms with van der Waals surface area (Å²) in [6.45, 7) is 0. The van der Waals surface area contributed by atoms with Gasteiger partial charge in [-0.3, -0.25) is 0 Å². The highest BCUT2D eigenvalue weighted by atomic mass is 16.5. The summed E-state index contributed by atoms with van der Waals surface area (Å²) >= 11 is 0. The van der Waals surface area contributed by atoms with Crippen LogP contribution < -0.4 is 9.64 Å². The molecule has 334 valence electrons. The SMILES string of the molecule is C1=CCCC(c2ccc(N(c3ccccc3-c3ccc4c(c3)C3(c5ccccc5-4)c4ccc5ccccc5c4Oc4c3ccc3ccccc43)c3cc(-c4ccccc4)ccc3-c3ccccc3)cc2)=C1. The molecule has 0 fully saturated rings. The van der Waals surface area contributed by atoms with Crippen LogP contribution in [0.15, 0.2) is 261 Å². The van der Waals surface area contributed by atoms with Crippen LogP contribution in [0.25, 0.3) is 71.6 Å². The number of hydrogen-bond acceptors (Lipinski definition) is 2. The van der Waals surface area contributed by atoms with Gasteiger partial charge < -0.3 is 9.64 Å². The van der Waals surface area contributed by atoms with E-state index >= 15 is 0 Å². The van der Waals surface area contributed by atoms with E-state index in [0.717, 1.165) is 102 Å². The first-order chi connectivity index (χ1) is 35.2. The number of allylic oxidation sites excluding steroid dienone is 4. The van der Waals surface area contributed by atoms with Gasteiger partial charge in [0.2, 0.25) is 0 Å². The van der Waals surface area contributed by atoms with E-state index in [1.165, 1.54) is 39.0 Å². The Labute approximate surface area is 414 Å². The molecule has 11 aromatic rings. The molecule has 0 saturated carbocycles. The van der Waals surface area contributed by atoms with Gasteiger partial charge in [0.05, 0.1) is 16.8 Å². The van der Waals surface area contributed by atoms with Crippen LogP contribution in [0.5, 0.6) is 11.5 Å². The molecule has 1 spiro atoms. The fraction of sp³-hybridized carbons (Fsp3) is 0.0435. The number of rotatable bonds is 7. The molecular formula is C69H47NO. The van der Waals surface area contributed by atoms with Gasteiger partial charge in [0, 0.05) is 38.7 Å². The van der Waals surface area contributed by atoms with Crippen LogP contribution in [0.2, 0.25) is 0 Å². The number of nitrogens with zero attached hydrogens (tertiary/aromatic N) is 1. The zero-order valence-electron chi connectivity index (χ0n) is 39.1. The Hall–Kier alpha value is -8.98. The molecule has 3 aliphatic rings. The Morgan fingerprint density at radius 3 is 1.63 bits per heavy atom. The maximum atomic E-state index is 7.31. The van der Waals surface area contributed by atoms with Crippen molar-refractivity contribution in [3.63, 3.8) is 0 Å². The van der Waals surface area contributed by atoms with Gasteiger partial charge in [0.25, 0.3) is 0 Å². The van der Waals surface area contributed by atoms with E-state index in [1.807, 2.05) is 0 Å². The maximum Gasteiger partial charge on any atom is 0.140 e. The largest absolute Gasteiger partial charge is 0.455 e. The second-order valence-corrected chi connectivity index (χ2v) is 19.0. The van der Waals surface area contributed by atoms with E-state index in [9.17, 15) is 0 Å². The minimum Gasteiger partial charge on any atom is -0.455 e. The number of ether oxygens (including phenoxy) is 1. The molecule has 0 atom stereocenters. The average Bonchev–Trinajstić information content (AvgIpc) is 3.74. The van der Waals surface area contributed by atoms with E-state index in [1.54, 1.807) is 0 Å². The summed E-state index contributed by atoms with van der Waals surface area (Å²) in [4.78, 5) is 2.50. The van der Waals surface area contributed by atoms with Crippen molar-refractivity contribution >= 4 is 44.2 Å². The predicted octanol–water partition coefficient (Wildman–Crippen LogP) is 18.7. The molecule has 2 nitrogen and oxygen atoms in total.